The van der Waals surface area contributed by atoms with Crippen molar-refractivity contribution in [3.8, 4) is 0 Å². The van der Waals surface area contributed by atoms with Gasteiger partial charge < -0.3 is 10.2 Å². The lowest BCUT2D eigenvalue weighted by Gasteiger charge is -2.35. The molecule has 1 aliphatic rings. The van der Waals surface area contributed by atoms with Crippen LogP contribution in [0.15, 0.2) is 108 Å². The van der Waals surface area contributed by atoms with Crippen molar-refractivity contribution in [1.29, 1.82) is 0 Å². The van der Waals surface area contributed by atoms with Gasteiger partial charge in [0.15, 0.2) is 0 Å². The largest absolute Gasteiger partial charge is 0.352 e. The molecular formula is C37H40ClN3O4S. The molecule has 1 saturated carbocycles. The number of carbonyl (C=O) groups excluding carboxylic acids is 2. The van der Waals surface area contributed by atoms with Gasteiger partial charge in [0.25, 0.3) is 10.0 Å². The smallest absolute Gasteiger partial charge is 0.264 e. The lowest BCUT2D eigenvalue weighted by molar-refractivity contribution is -0.140. The molecule has 7 nitrogen and oxygen atoms in total. The maximum Gasteiger partial charge on any atom is 0.264 e. The van der Waals surface area contributed by atoms with Crippen molar-refractivity contribution in [3.05, 3.63) is 130 Å². The molecule has 1 fully saturated rings. The first-order chi connectivity index (χ1) is 22.1. The van der Waals surface area contributed by atoms with Crippen LogP contribution in [0.4, 0.5) is 5.69 Å². The zero-order chi connectivity index (χ0) is 32.7. The number of rotatable bonds is 12. The topological polar surface area (TPSA) is 86.8 Å². The van der Waals surface area contributed by atoms with Crippen molar-refractivity contribution in [1.82, 2.24) is 10.2 Å². The molecule has 4 aromatic rings. The minimum absolute atomic E-state index is 0.0465. The molecule has 0 aliphatic heterocycles. The van der Waals surface area contributed by atoms with E-state index in [4.69, 9.17) is 11.6 Å². The van der Waals surface area contributed by atoms with Gasteiger partial charge in [0, 0.05) is 24.0 Å². The van der Waals surface area contributed by atoms with Gasteiger partial charge in [-0.25, -0.2) is 8.42 Å². The minimum atomic E-state index is -4.20. The second kappa shape index (κ2) is 15.0. The monoisotopic (exact) mass is 657 g/mol. The first-order valence-corrected chi connectivity index (χ1v) is 17.5. The molecule has 0 aromatic heterocycles. The molecule has 1 aliphatic carbocycles. The van der Waals surface area contributed by atoms with Gasteiger partial charge in [0.05, 0.1) is 10.6 Å². The maximum absolute atomic E-state index is 14.7. The van der Waals surface area contributed by atoms with Gasteiger partial charge in [-0.15, -0.1) is 0 Å². The Bertz CT molecular complexity index is 1760. The van der Waals surface area contributed by atoms with Gasteiger partial charge in [-0.2, -0.15) is 0 Å². The quantitative estimate of drug-likeness (QED) is 0.181. The van der Waals surface area contributed by atoms with E-state index in [9.17, 15) is 18.0 Å². The fourth-order valence-corrected chi connectivity index (χ4v) is 7.65. The Morgan fingerprint density at radius 3 is 2.15 bits per heavy atom. The molecule has 0 radical (unpaired) electrons. The number of hydrogen-bond acceptors (Lipinski definition) is 4. The van der Waals surface area contributed by atoms with E-state index in [1.807, 2.05) is 61.5 Å². The second-order valence-corrected chi connectivity index (χ2v) is 14.1. The van der Waals surface area contributed by atoms with E-state index in [-0.39, 0.29) is 29.8 Å². The highest BCUT2D eigenvalue weighted by Crippen LogP contribution is 2.31. The predicted octanol–water partition coefficient (Wildman–Crippen LogP) is 6.85. The number of anilines is 1. The molecule has 1 atom stereocenters. The molecular weight excluding hydrogens is 618 g/mol. The average Bonchev–Trinajstić information content (AvgIpc) is 3.57. The number of aryl methyl sites for hydroxylation is 1. The maximum atomic E-state index is 14.7. The molecule has 5 rings (SSSR count). The SMILES string of the molecule is Cc1ccccc1CN(C(=O)CN(c1cccc(Cl)c1C)S(=O)(=O)c1ccccc1)[C@@H](Cc1ccccc1)C(=O)NC1CCCC1. The first-order valence-electron chi connectivity index (χ1n) is 15.7. The third-order valence-electron chi connectivity index (χ3n) is 8.69. The van der Waals surface area contributed by atoms with Crippen LogP contribution < -0.4 is 9.62 Å². The highest BCUT2D eigenvalue weighted by molar-refractivity contribution is 7.92. The van der Waals surface area contributed by atoms with Gasteiger partial charge in [-0.3, -0.25) is 13.9 Å². The Morgan fingerprint density at radius 1 is 0.848 bits per heavy atom. The van der Waals surface area contributed by atoms with Crippen LogP contribution in [0, 0.1) is 13.8 Å². The molecule has 240 valence electrons. The number of nitrogens with one attached hydrogen (secondary N) is 1. The van der Waals surface area contributed by atoms with Crippen LogP contribution in [-0.2, 0) is 32.6 Å². The predicted molar refractivity (Wildman–Crippen MR) is 183 cm³/mol. The molecule has 0 saturated heterocycles. The summed E-state index contributed by atoms with van der Waals surface area (Å²) in [5.41, 5.74) is 3.57. The summed E-state index contributed by atoms with van der Waals surface area (Å²) in [5, 5.41) is 3.59. The molecule has 1 N–H and O–H groups in total. The lowest BCUT2D eigenvalue weighted by Crippen LogP contribution is -2.54. The number of hydrogen-bond donors (Lipinski definition) is 1. The van der Waals surface area contributed by atoms with E-state index >= 15 is 0 Å². The summed E-state index contributed by atoms with van der Waals surface area (Å²) in [4.78, 5) is 30.4. The van der Waals surface area contributed by atoms with Gasteiger partial charge >= 0.3 is 0 Å². The number of nitrogens with zero attached hydrogens (tertiary/aromatic N) is 2. The normalized spacial score (nSPS) is 14.1. The van der Waals surface area contributed by atoms with Crippen LogP contribution in [0.5, 0.6) is 0 Å². The van der Waals surface area contributed by atoms with Gasteiger partial charge in [0.1, 0.15) is 12.6 Å². The van der Waals surface area contributed by atoms with Crippen molar-refractivity contribution in [3.63, 3.8) is 0 Å². The van der Waals surface area contributed by atoms with E-state index in [0.29, 0.717) is 16.3 Å². The second-order valence-electron chi connectivity index (χ2n) is 11.9. The number of sulfonamides is 1. The lowest BCUT2D eigenvalue weighted by atomic mass is 10.0. The van der Waals surface area contributed by atoms with Crippen LogP contribution in [0.25, 0.3) is 0 Å². The molecule has 0 spiro atoms. The van der Waals surface area contributed by atoms with Crippen LogP contribution in [0.3, 0.4) is 0 Å². The van der Waals surface area contributed by atoms with E-state index in [1.54, 1.807) is 48.2 Å². The number of benzene rings is 4. The van der Waals surface area contributed by atoms with E-state index in [1.165, 1.54) is 12.1 Å². The van der Waals surface area contributed by atoms with Crippen LogP contribution in [0.1, 0.15) is 47.9 Å². The van der Waals surface area contributed by atoms with Gasteiger partial charge in [0.2, 0.25) is 11.8 Å². The molecule has 2 amide bonds. The highest BCUT2D eigenvalue weighted by Gasteiger charge is 2.36. The number of halogens is 1. The summed E-state index contributed by atoms with van der Waals surface area (Å²) in [6.45, 7) is 3.30. The average molecular weight is 658 g/mol. The molecule has 0 bridgehead atoms. The van der Waals surface area contributed by atoms with Gasteiger partial charge in [-0.1, -0.05) is 103 Å². The Morgan fingerprint density at radius 2 is 1.48 bits per heavy atom. The van der Waals surface area contributed by atoms with E-state index < -0.39 is 28.5 Å². The highest BCUT2D eigenvalue weighted by atomic mass is 35.5. The standard InChI is InChI=1S/C37H40ClN3O4S/c1-27-14-9-10-17-30(27)25-40(35(24-29-15-5-3-6-16-29)37(43)39-31-18-11-12-19-31)36(42)26-41(34-23-13-22-33(38)28(34)2)46(44,45)32-20-7-4-8-21-32/h3-10,13-17,20-23,31,35H,11-12,18-19,24-26H2,1-2H3,(H,39,43)/t35-/m0/s1. The van der Waals surface area contributed by atoms with Gasteiger partial charge in [-0.05, 0) is 73.2 Å². The molecule has 9 heteroatoms. The summed E-state index contributed by atoms with van der Waals surface area (Å²) < 4.78 is 29.6. The molecule has 4 aromatic carbocycles. The summed E-state index contributed by atoms with van der Waals surface area (Å²) in [6, 6.07) is 29.5. The van der Waals surface area contributed by atoms with Crippen LogP contribution in [-0.4, -0.2) is 43.8 Å². The Hall–Kier alpha value is -4.14. The van der Waals surface area contributed by atoms with Crippen LogP contribution in [0.2, 0.25) is 5.02 Å². The van der Waals surface area contributed by atoms with Crippen LogP contribution >= 0.6 is 11.6 Å². The Balaban J connectivity index is 1.59. The molecule has 0 heterocycles. The zero-order valence-corrected chi connectivity index (χ0v) is 27.8. The molecule has 0 unspecified atom stereocenters. The van der Waals surface area contributed by atoms with Crippen molar-refractivity contribution in [2.24, 2.45) is 0 Å². The summed E-state index contributed by atoms with van der Waals surface area (Å²) in [6.07, 6.45) is 4.16. The zero-order valence-electron chi connectivity index (χ0n) is 26.2. The summed E-state index contributed by atoms with van der Waals surface area (Å²) in [5.74, 6) is -0.737. The fourth-order valence-electron chi connectivity index (χ4n) is 5.99. The summed E-state index contributed by atoms with van der Waals surface area (Å²) in [7, 11) is -4.20. The van der Waals surface area contributed by atoms with E-state index in [2.05, 4.69) is 5.32 Å². The minimum Gasteiger partial charge on any atom is -0.352 e. The Kier molecular flexibility index (Phi) is 10.8. The van der Waals surface area contributed by atoms with Crippen molar-refractivity contribution in [2.45, 2.75) is 69.5 Å². The third-order valence-corrected chi connectivity index (χ3v) is 10.9. The van der Waals surface area contributed by atoms with Crippen molar-refractivity contribution < 1.29 is 18.0 Å². The fraction of sp³-hybridized carbons (Fsp3) is 0.297. The first kappa shape index (κ1) is 33.2. The molecule has 46 heavy (non-hydrogen) atoms. The third kappa shape index (κ3) is 7.80. The number of carbonyl (C=O) groups is 2. The Labute approximate surface area is 277 Å². The van der Waals surface area contributed by atoms with Crippen molar-refractivity contribution in [2.75, 3.05) is 10.8 Å². The van der Waals surface area contributed by atoms with E-state index in [0.717, 1.165) is 46.7 Å². The van der Waals surface area contributed by atoms with Crippen molar-refractivity contribution >= 4 is 39.1 Å². The number of amides is 2. The summed E-state index contributed by atoms with van der Waals surface area (Å²) >= 11 is 6.47.